The Morgan fingerprint density at radius 3 is 2.32 bits per heavy atom. The van der Waals surface area contributed by atoms with Gasteiger partial charge in [0.05, 0.1) is 34.2 Å². The van der Waals surface area contributed by atoms with Crippen molar-refractivity contribution in [2.45, 2.75) is 20.3 Å². The van der Waals surface area contributed by atoms with Crippen LogP contribution in [-0.4, -0.2) is 16.4 Å². The molecule has 124 valence electrons. The molecule has 3 nitrogen and oxygen atoms in total. The van der Waals surface area contributed by atoms with Gasteiger partial charge in [0.2, 0.25) is 0 Å². The summed E-state index contributed by atoms with van der Waals surface area (Å²) in [7, 11) is 0. The van der Waals surface area contributed by atoms with E-state index >= 15 is 0 Å². The summed E-state index contributed by atoms with van der Waals surface area (Å²) in [6.07, 6.45) is 11.2. The van der Waals surface area contributed by atoms with Crippen LogP contribution < -0.4 is 0 Å². The highest BCUT2D eigenvalue weighted by Gasteiger charge is 2.05. The van der Waals surface area contributed by atoms with Gasteiger partial charge in [-0.25, -0.2) is 4.98 Å². The van der Waals surface area contributed by atoms with Gasteiger partial charge in [0.15, 0.2) is 0 Å². The molecular formula is C22H21N3. The Bertz CT molecular complexity index is 884. The minimum atomic E-state index is 0.862. The van der Waals surface area contributed by atoms with Crippen molar-refractivity contribution in [2.24, 2.45) is 9.98 Å². The number of para-hydroxylation sites is 1. The van der Waals surface area contributed by atoms with Gasteiger partial charge in [-0.1, -0.05) is 42.5 Å². The molecule has 0 amide bonds. The predicted molar refractivity (Wildman–Crippen MR) is 106 cm³/mol. The third-order valence-corrected chi connectivity index (χ3v) is 3.80. The molecule has 1 aromatic carbocycles. The Hall–Kier alpha value is -3.07. The highest BCUT2D eigenvalue weighted by atomic mass is 14.8. The van der Waals surface area contributed by atoms with Crippen LogP contribution in [0.25, 0.3) is 0 Å². The van der Waals surface area contributed by atoms with Gasteiger partial charge in [-0.05, 0) is 56.7 Å². The first-order valence-electron chi connectivity index (χ1n) is 8.39. The molecule has 0 radical (unpaired) electrons. The molecule has 0 atom stereocenters. The zero-order valence-electron chi connectivity index (χ0n) is 14.6. The van der Waals surface area contributed by atoms with E-state index in [1.54, 1.807) is 0 Å². The van der Waals surface area contributed by atoms with Crippen LogP contribution in [0.1, 0.15) is 31.7 Å². The molecule has 1 aromatic heterocycles. The van der Waals surface area contributed by atoms with Gasteiger partial charge in [0, 0.05) is 0 Å². The number of rotatable bonds is 4. The van der Waals surface area contributed by atoms with Gasteiger partial charge in [0.1, 0.15) is 0 Å². The Morgan fingerprint density at radius 1 is 0.840 bits per heavy atom. The van der Waals surface area contributed by atoms with Crippen LogP contribution in [0.3, 0.4) is 0 Å². The standard InChI is InChI=1S/C22H21N3/c1-17(23-19-11-6-3-4-7-12-19)21-15-10-16-22(25-21)18(2)24-20-13-8-5-9-14-20/h3,5-16H,4H2,1-2H3. The zero-order chi connectivity index (χ0) is 17.5. The lowest BCUT2D eigenvalue weighted by molar-refractivity contribution is 1.23. The van der Waals surface area contributed by atoms with E-state index in [1.165, 1.54) is 0 Å². The third-order valence-electron chi connectivity index (χ3n) is 3.80. The second-order valence-electron chi connectivity index (χ2n) is 5.80. The SMILES string of the molecule is CC(=NC1=CC=CCC=C1)c1cccc(C(C)=Nc2ccccc2)n1. The number of nitrogens with zero attached hydrogens (tertiary/aromatic N) is 3. The fourth-order valence-electron chi connectivity index (χ4n) is 2.48. The van der Waals surface area contributed by atoms with Gasteiger partial charge in [-0.3, -0.25) is 9.98 Å². The van der Waals surface area contributed by atoms with E-state index in [4.69, 9.17) is 4.98 Å². The van der Waals surface area contributed by atoms with Crippen molar-refractivity contribution in [3.05, 3.63) is 96.0 Å². The molecule has 1 aliphatic rings. The summed E-state index contributed by atoms with van der Waals surface area (Å²) in [4.78, 5) is 14.1. The van der Waals surface area contributed by atoms with Crippen LogP contribution >= 0.6 is 0 Å². The van der Waals surface area contributed by atoms with Gasteiger partial charge in [0.25, 0.3) is 0 Å². The molecule has 2 aromatic rings. The average molecular weight is 327 g/mol. The van der Waals surface area contributed by atoms with E-state index in [2.05, 4.69) is 22.1 Å². The van der Waals surface area contributed by atoms with Crippen molar-refractivity contribution < 1.29 is 0 Å². The highest BCUT2D eigenvalue weighted by molar-refractivity contribution is 6.01. The summed E-state index contributed by atoms with van der Waals surface area (Å²) in [5.74, 6) is 0. The van der Waals surface area contributed by atoms with E-state index in [1.807, 2.05) is 80.6 Å². The van der Waals surface area contributed by atoms with Crippen LogP contribution in [-0.2, 0) is 0 Å². The molecule has 0 unspecified atom stereocenters. The maximum absolute atomic E-state index is 4.73. The van der Waals surface area contributed by atoms with E-state index in [-0.39, 0.29) is 0 Å². The molecule has 1 aliphatic carbocycles. The van der Waals surface area contributed by atoms with Crippen LogP contribution in [0.15, 0.2) is 94.6 Å². The van der Waals surface area contributed by atoms with Crippen LogP contribution in [0, 0.1) is 0 Å². The smallest absolute Gasteiger partial charge is 0.0849 e. The second-order valence-corrected chi connectivity index (χ2v) is 5.80. The number of aliphatic imine (C=N–C) groups is 2. The average Bonchev–Trinajstić information content (AvgIpc) is 2.91. The molecule has 0 fully saturated rings. The molecule has 3 rings (SSSR count). The Labute approximate surface area is 148 Å². The number of benzene rings is 1. The van der Waals surface area contributed by atoms with Crippen molar-refractivity contribution in [3.63, 3.8) is 0 Å². The molecular weight excluding hydrogens is 306 g/mol. The highest BCUT2D eigenvalue weighted by Crippen LogP contribution is 2.13. The summed E-state index contributed by atoms with van der Waals surface area (Å²) in [6.45, 7) is 3.96. The summed E-state index contributed by atoms with van der Waals surface area (Å²) < 4.78 is 0. The van der Waals surface area contributed by atoms with Crippen LogP contribution in [0.4, 0.5) is 5.69 Å². The summed E-state index contributed by atoms with van der Waals surface area (Å²) in [6, 6.07) is 15.9. The van der Waals surface area contributed by atoms with Crippen LogP contribution in [0.5, 0.6) is 0 Å². The molecule has 0 N–H and O–H groups in total. The molecule has 1 heterocycles. The molecule has 0 spiro atoms. The molecule has 0 saturated carbocycles. The Balaban J connectivity index is 1.87. The largest absolute Gasteiger partial charge is 0.252 e. The molecule has 0 aliphatic heterocycles. The molecule has 0 bridgehead atoms. The molecule has 0 saturated heterocycles. The number of hydrogen-bond donors (Lipinski definition) is 0. The predicted octanol–water partition coefficient (Wildman–Crippen LogP) is 5.43. The number of aromatic nitrogens is 1. The van der Waals surface area contributed by atoms with Gasteiger partial charge in [-0.2, -0.15) is 0 Å². The fourth-order valence-corrected chi connectivity index (χ4v) is 2.48. The Morgan fingerprint density at radius 2 is 1.56 bits per heavy atom. The zero-order valence-corrected chi connectivity index (χ0v) is 14.6. The Kier molecular flexibility index (Phi) is 5.47. The maximum Gasteiger partial charge on any atom is 0.0849 e. The summed E-state index contributed by atoms with van der Waals surface area (Å²) >= 11 is 0. The lowest BCUT2D eigenvalue weighted by atomic mass is 10.2. The first-order valence-corrected chi connectivity index (χ1v) is 8.39. The minimum absolute atomic E-state index is 0.862. The first-order chi connectivity index (χ1) is 12.2. The third kappa shape index (κ3) is 4.70. The van der Waals surface area contributed by atoms with Gasteiger partial charge >= 0.3 is 0 Å². The van der Waals surface area contributed by atoms with E-state index in [0.717, 1.165) is 40.6 Å². The molecule has 3 heteroatoms. The number of pyridine rings is 1. The van der Waals surface area contributed by atoms with Gasteiger partial charge in [-0.15, -0.1) is 0 Å². The minimum Gasteiger partial charge on any atom is -0.252 e. The number of hydrogen-bond acceptors (Lipinski definition) is 3. The van der Waals surface area contributed by atoms with E-state index < -0.39 is 0 Å². The fraction of sp³-hybridized carbons (Fsp3) is 0.136. The van der Waals surface area contributed by atoms with E-state index in [9.17, 15) is 0 Å². The summed E-state index contributed by atoms with van der Waals surface area (Å²) in [5.41, 5.74) is 5.37. The van der Waals surface area contributed by atoms with Crippen molar-refractivity contribution in [1.29, 1.82) is 0 Å². The van der Waals surface area contributed by atoms with Crippen molar-refractivity contribution in [3.8, 4) is 0 Å². The van der Waals surface area contributed by atoms with Crippen molar-refractivity contribution in [1.82, 2.24) is 4.98 Å². The van der Waals surface area contributed by atoms with E-state index in [0.29, 0.717) is 0 Å². The van der Waals surface area contributed by atoms with Gasteiger partial charge < -0.3 is 0 Å². The quantitative estimate of drug-likeness (QED) is 0.690. The number of allylic oxidation sites excluding steroid dienone is 5. The normalized spacial score (nSPS) is 15.0. The monoisotopic (exact) mass is 327 g/mol. The summed E-state index contributed by atoms with van der Waals surface area (Å²) in [5, 5.41) is 0. The second kappa shape index (κ2) is 8.15. The molecule has 25 heavy (non-hydrogen) atoms. The van der Waals surface area contributed by atoms with Crippen molar-refractivity contribution >= 4 is 17.1 Å². The van der Waals surface area contributed by atoms with Crippen LogP contribution in [0.2, 0.25) is 0 Å². The first kappa shape index (κ1) is 16.8. The lowest BCUT2D eigenvalue weighted by Gasteiger charge is -2.05. The lowest BCUT2D eigenvalue weighted by Crippen LogP contribution is -2.05. The topological polar surface area (TPSA) is 37.6 Å². The maximum atomic E-state index is 4.73. The van der Waals surface area contributed by atoms with Crippen molar-refractivity contribution in [2.75, 3.05) is 0 Å².